The van der Waals surface area contributed by atoms with Crippen LogP contribution in [0.25, 0.3) is 0 Å². The first kappa shape index (κ1) is 16.1. The van der Waals surface area contributed by atoms with Crippen molar-refractivity contribution >= 4 is 5.78 Å². The average molecular weight is 354 g/mol. The lowest BCUT2D eigenvalue weighted by atomic mass is 9.48. The number of aliphatic hydroxyl groups is 1. The quantitative estimate of drug-likeness (QED) is 0.724. The van der Waals surface area contributed by atoms with Crippen molar-refractivity contribution in [1.29, 1.82) is 0 Å². The first-order valence-electron chi connectivity index (χ1n) is 10.9. The van der Waals surface area contributed by atoms with Crippen LogP contribution in [0.1, 0.15) is 58.3 Å². The number of fused-ring (bicyclic) bond motifs is 9. The Morgan fingerprint density at radius 2 is 2.08 bits per heavy atom. The molecule has 6 aliphatic rings. The van der Waals surface area contributed by atoms with Crippen molar-refractivity contribution in [2.75, 3.05) is 0 Å². The van der Waals surface area contributed by atoms with E-state index in [0.29, 0.717) is 17.6 Å². The van der Waals surface area contributed by atoms with Gasteiger partial charge < -0.3 is 9.84 Å². The van der Waals surface area contributed by atoms with E-state index in [9.17, 15) is 9.90 Å². The molecule has 5 aliphatic carbocycles. The third-order valence-electron chi connectivity index (χ3n) is 9.47. The largest absolute Gasteiger partial charge is 0.365 e. The molecule has 140 valence electrons. The van der Waals surface area contributed by atoms with Gasteiger partial charge in [-0.1, -0.05) is 18.6 Å². The number of ketones is 1. The van der Waals surface area contributed by atoms with Crippen LogP contribution in [-0.4, -0.2) is 22.8 Å². The van der Waals surface area contributed by atoms with E-state index in [1.165, 1.54) is 31.3 Å². The highest BCUT2D eigenvalue weighted by Gasteiger charge is 2.77. The van der Waals surface area contributed by atoms with Gasteiger partial charge in [-0.25, -0.2) is 0 Å². The Labute approximate surface area is 155 Å². The minimum atomic E-state index is -0.707. The highest BCUT2D eigenvalue weighted by atomic mass is 16.6. The molecule has 0 aromatic carbocycles. The molecule has 3 nitrogen and oxygen atoms in total. The van der Waals surface area contributed by atoms with Gasteiger partial charge in [-0.15, -0.1) is 0 Å². The van der Waals surface area contributed by atoms with E-state index in [-0.39, 0.29) is 11.0 Å². The summed E-state index contributed by atoms with van der Waals surface area (Å²) in [4.78, 5) is 11.9. The highest BCUT2D eigenvalue weighted by molar-refractivity contribution is 5.91. The Bertz CT molecular complexity index is 723. The summed E-state index contributed by atoms with van der Waals surface area (Å²) in [6, 6.07) is 0. The molecule has 0 amide bonds. The molecule has 4 saturated carbocycles. The van der Waals surface area contributed by atoms with Crippen LogP contribution in [0.5, 0.6) is 0 Å². The molecule has 0 aromatic heterocycles. The van der Waals surface area contributed by atoms with Gasteiger partial charge in [-0.05, 0) is 92.6 Å². The summed E-state index contributed by atoms with van der Waals surface area (Å²) in [7, 11) is 0. The maximum absolute atomic E-state index is 11.9. The Hall–Kier alpha value is -0.930. The molecule has 26 heavy (non-hydrogen) atoms. The molecule has 0 aromatic rings. The zero-order valence-corrected chi connectivity index (χ0v) is 15.7. The summed E-state index contributed by atoms with van der Waals surface area (Å²) in [5.41, 5.74) is 1.50. The van der Waals surface area contributed by atoms with Crippen molar-refractivity contribution in [3.63, 3.8) is 0 Å². The van der Waals surface area contributed by atoms with Crippen molar-refractivity contribution in [3.8, 4) is 0 Å². The lowest BCUT2D eigenvalue weighted by Gasteiger charge is -2.58. The van der Waals surface area contributed by atoms with Gasteiger partial charge in [0.25, 0.3) is 0 Å². The maximum atomic E-state index is 11.9. The van der Waals surface area contributed by atoms with Gasteiger partial charge in [-0.3, -0.25) is 4.79 Å². The van der Waals surface area contributed by atoms with Crippen LogP contribution in [0, 0.1) is 40.9 Å². The lowest BCUT2D eigenvalue weighted by molar-refractivity contribution is -0.201. The van der Waals surface area contributed by atoms with Crippen molar-refractivity contribution in [2.24, 2.45) is 40.9 Å². The zero-order chi connectivity index (χ0) is 17.7. The number of allylic oxidation sites excluding steroid dienone is 1. The van der Waals surface area contributed by atoms with Gasteiger partial charge in [-0.2, -0.15) is 0 Å². The van der Waals surface area contributed by atoms with Crippen molar-refractivity contribution in [1.82, 2.24) is 0 Å². The van der Waals surface area contributed by atoms with E-state index < -0.39 is 6.29 Å². The minimum Gasteiger partial charge on any atom is -0.365 e. The number of hydrogen-bond donors (Lipinski definition) is 1. The summed E-state index contributed by atoms with van der Waals surface area (Å²) in [5, 5.41) is 10.2. The molecule has 9 atom stereocenters. The molecule has 3 heteroatoms. The first-order valence-corrected chi connectivity index (χ1v) is 10.9. The molecule has 4 unspecified atom stereocenters. The second kappa shape index (κ2) is 5.11. The highest BCUT2D eigenvalue weighted by Crippen LogP contribution is 2.78. The van der Waals surface area contributed by atoms with E-state index in [1.807, 2.05) is 12.2 Å². The Morgan fingerprint density at radius 3 is 2.85 bits per heavy atom. The summed E-state index contributed by atoms with van der Waals surface area (Å²) >= 11 is 0. The number of carbonyl (C=O) groups excluding carboxylic acids is 1. The Balaban J connectivity index is 1.39. The van der Waals surface area contributed by atoms with Gasteiger partial charge in [0, 0.05) is 11.8 Å². The summed E-state index contributed by atoms with van der Waals surface area (Å²) < 4.78 is 6.32. The van der Waals surface area contributed by atoms with Crippen LogP contribution in [-0.2, 0) is 9.53 Å². The molecule has 6 rings (SSSR count). The monoisotopic (exact) mass is 354 g/mol. The topological polar surface area (TPSA) is 46.5 Å². The van der Waals surface area contributed by atoms with E-state index in [0.717, 1.165) is 49.4 Å². The lowest BCUT2D eigenvalue weighted by Crippen LogP contribution is -2.56. The van der Waals surface area contributed by atoms with E-state index >= 15 is 0 Å². The van der Waals surface area contributed by atoms with Gasteiger partial charge in [0.2, 0.25) is 0 Å². The van der Waals surface area contributed by atoms with E-state index in [2.05, 4.69) is 13.0 Å². The van der Waals surface area contributed by atoms with Crippen LogP contribution in [0.4, 0.5) is 0 Å². The first-order chi connectivity index (χ1) is 12.6. The predicted molar refractivity (Wildman–Crippen MR) is 98.0 cm³/mol. The van der Waals surface area contributed by atoms with Crippen LogP contribution in [0.3, 0.4) is 0 Å². The van der Waals surface area contributed by atoms with Crippen LogP contribution >= 0.6 is 0 Å². The fourth-order valence-electron chi connectivity index (χ4n) is 8.67. The molecule has 0 saturated heterocycles. The molecular formula is C23H30O3. The summed E-state index contributed by atoms with van der Waals surface area (Å²) in [5.74, 6) is 4.78. The Kier molecular flexibility index (Phi) is 3.16. The minimum absolute atomic E-state index is 0.194. The third-order valence-corrected chi connectivity index (χ3v) is 9.47. The number of hydrogen-bond acceptors (Lipinski definition) is 3. The molecule has 1 N–H and O–H groups in total. The second-order valence-corrected chi connectivity index (χ2v) is 9.94. The average Bonchev–Trinajstić information content (AvgIpc) is 3.29. The fourth-order valence-corrected chi connectivity index (χ4v) is 8.67. The number of ether oxygens (including phenoxy) is 1. The smallest absolute Gasteiger partial charge is 0.175 e. The van der Waals surface area contributed by atoms with Crippen LogP contribution < -0.4 is 0 Å². The van der Waals surface area contributed by atoms with Crippen molar-refractivity contribution in [3.05, 3.63) is 23.8 Å². The molecule has 1 heterocycles. The SMILES string of the molecule is CC[C@]12CCC3C(CCC4=CC(=O)CC[C@@H]43)C1[C@H]1C[C@H]1[C@@]21C=CC(O)O1. The molecule has 1 aliphatic heterocycles. The Morgan fingerprint density at radius 1 is 1.19 bits per heavy atom. The molecule has 1 spiro atoms. The third kappa shape index (κ3) is 1.75. The standard InChI is InChI=1S/C23H30O3/c1-2-22-9-7-16-15-6-4-14(24)11-13(15)3-5-17(16)21(22)18-12-19(18)23(22)10-8-20(25)26-23/h8,10-11,15-21,25H,2-7,9,12H2,1H3/t15-,16?,17?,18-,19+,20?,21?,22-,23-/m0/s1. The van der Waals surface area contributed by atoms with E-state index in [1.54, 1.807) is 0 Å². The van der Waals surface area contributed by atoms with Gasteiger partial charge in [0.05, 0.1) is 5.60 Å². The molecule has 0 radical (unpaired) electrons. The summed E-state index contributed by atoms with van der Waals surface area (Å²) in [6.07, 6.45) is 14.7. The fraction of sp³-hybridized carbons (Fsp3) is 0.783. The molecule has 4 fully saturated rings. The predicted octanol–water partition coefficient (Wildman–Crippen LogP) is 4.02. The maximum Gasteiger partial charge on any atom is 0.175 e. The number of rotatable bonds is 1. The van der Waals surface area contributed by atoms with Gasteiger partial charge >= 0.3 is 0 Å². The second-order valence-electron chi connectivity index (χ2n) is 9.94. The van der Waals surface area contributed by atoms with Crippen molar-refractivity contribution in [2.45, 2.75) is 70.2 Å². The normalized spacial score (nSPS) is 56.6. The van der Waals surface area contributed by atoms with Crippen LogP contribution in [0.15, 0.2) is 23.8 Å². The van der Waals surface area contributed by atoms with Crippen LogP contribution in [0.2, 0.25) is 0 Å². The number of aliphatic hydroxyl groups excluding tert-OH is 1. The van der Waals surface area contributed by atoms with Gasteiger partial charge in [0.1, 0.15) is 0 Å². The van der Waals surface area contributed by atoms with Gasteiger partial charge in [0.15, 0.2) is 12.1 Å². The zero-order valence-electron chi connectivity index (χ0n) is 15.7. The molecule has 0 bridgehead atoms. The van der Waals surface area contributed by atoms with Crippen molar-refractivity contribution < 1.29 is 14.6 Å². The number of carbonyl (C=O) groups is 1. The summed E-state index contributed by atoms with van der Waals surface area (Å²) in [6.45, 7) is 2.36. The molecular weight excluding hydrogens is 324 g/mol. The van der Waals surface area contributed by atoms with E-state index in [4.69, 9.17) is 4.74 Å².